The first-order chi connectivity index (χ1) is 8.26. The van der Waals surface area contributed by atoms with Crippen molar-refractivity contribution in [3.05, 3.63) is 35.9 Å². The van der Waals surface area contributed by atoms with Gasteiger partial charge >= 0.3 is 0 Å². The van der Waals surface area contributed by atoms with Crippen LogP contribution >= 0.6 is 0 Å². The minimum Gasteiger partial charge on any atom is -0.300 e. The molecule has 0 saturated heterocycles. The van der Waals surface area contributed by atoms with E-state index in [1.54, 1.807) is 0 Å². The molecule has 17 heavy (non-hydrogen) atoms. The number of aryl methyl sites for hydroxylation is 1. The molecule has 0 radical (unpaired) electrons. The summed E-state index contributed by atoms with van der Waals surface area (Å²) >= 11 is 0. The molecule has 0 aliphatic heterocycles. The van der Waals surface area contributed by atoms with Gasteiger partial charge in [0.15, 0.2) is 0 Å². The summed E-state index contributed by atoms with van der Waals surface area (Å²) in [7, 11) is 0. The molecular formula is C16H24O. The van der Waals surface area contributed by atoms with Gasteiger partial charge in [0.2, 0.25) is 0 Å². The first kappa shape index (κ1) is 14.0. The van der Waals surface area contributed by atoms with E-state index in [1.807, 2.05) is 6.07 Å². The molecule has 0 heterocycles. The van der Waals surface area contributed by atoms with Crippen LogP contribution in [-0.4, -0.2) is 5.78 Å². The van der Waals surface area contributed by atoms with Crippen molar-refractivity contribution in [2.45, 2.75) is 52.4 Å². The third-order valence-corrected chi connectivity index (χ3v) is 3.43. The van der Waals surface area contributed by atoms with Gasteiger partial charge in [-0.25, -0.2) is 0 Å². The Morgan fingerprint density at radius 1 is 1.12 bits per heavy atom. The van der Waals surface area contributed by atoms with Crippen molar-refractivity contribution in [3.63, 3.8) is 0 Å². The number of carbonyl (C=O) groups is 1. The van der Waals surface area contributed by atoms with E-state index in [2.05, 4.69) is 38.1 Å². The van der Waals surface area contributed by atoms with Gasteiger partial charge in [-0.2, -0.15) is 0 Å². The summed E-state index contributed by atoms with van der Waals surface area (Å²) in [4.78, 5) is 11.8. The predicted octanol–water partition coefficient (Wildman–Crippen LogP) is 4.40. The zero-order valence-corrected chi connectivity index (χ0v) is 11.1. The van der Waals surface area contributed by atoms with Crippen molar-refractivity contribution in [2.24, 2.45) is 5.92 Å². The van der Waals surface area contributed by atoms with Gasteiger partial charge in [-0.15, -0.1) is 0 Å². The standard InChI is InChI=1S/C16H24O/c1-3-14(4-2)13-16(17)12-8-11-15-9-6-5-7-10-15/h5-7,9-10,14H,3-4,8,11-13H2,1-2H3. The molecule has 0 aliphatic carbocycles. The maximum Gasteiger partial charge on any atom is 0.133 e. The average molecular weight is 232 g/mol. The third kappa shape index (κ3) is 5.67. The molecular weight excluding hydrogens is 208 g/mol. The molecule has 0 aromatic heterocycles. The molecule has 1 nitrogen and oxygen atoms in total. The number of ketones is 1. The van der Waals surface area contributed by atoms with Crippen molar-refractivity contribution < 1.29 is 4.79 Å². The fourth-order valence-corrected chi connectivity index (χ4v) is 2.14. The number of rotatable bonds is 8. The van der Waals surface area contributed by atoms with E-state index in [1.165, 1.54) is 5.56 Å². The van der Waals surface area contributed by atoms with Crippen molar-refractivity contribution in [1.29, 1.82) is 0 Å². The molecule has 0 atom stereocenters. The second-order valence-corrected chi connectivity index (χ2v) is 4.76. The van der Waals surface area contributed by atoms with E-state index in [9.17, 15) is 4.79 Å². The van der Waals surface area contributed by atoms with Crippen LogP contribution in [0.15, 0.2) is 30.3 Å². The van der Waals surface area contributed by atoms with Gasteiger partial charge in [0.1, 0.15) is 5.78 Å². The van der Waals surface area contributed by atoms with Crippen LogP contribution < -0.4 is 0 Å². The molecule has 0 unspecified atom stereocenters. The van der Waals surface area contributed by atoms with Crippen molar-refractivity contribution >= 4 is 5.78 Å². The summed E-state index contributed by atoms with van der Waals surface area (Å²) in [6, 6.07) is 10.4. The van der Waals surface area contributed by atoms with E-state index in [4.69, 9.17) is 0 Å². The van der Waals surface area contributed by atoms with E-state index in [0.29, 0.717) is 11.7 Å². The Morgan fingerprint density at radius 2 is 1.76 bits per heavy atom. The average Bonchev–Trinajstić information content (AvgIpc) is 2.37. The van der Waals surface area contributed by atoms with Gasteiger partial charge in [0, 0.05) is 12.8 Å². The maximum atomic E-state index is 11.8. The van der Waals surface area contributed by atoms with Crippen LogP contribution in [0.3, 0.4) is 0 Å². The van der Waals surface area contributed by atoms with E-state index in [-0.39, 0.29) is 0 Å². The Hall–Kier alpha value is -1.11. The number of hydrogen-bond donors (Lipinski definition) is 0. The van der Waals surface area contributed by atoms with Crippen LogP contribution in [0, 0.1) is 5.92 Å². The van der Waals surface area contributed by atoms with Gasteiger partial charge in [-0.05, 0) is 24.3 Å². The Balaban J connectivity index is 2.20. The fraction of sp³-hybridized carbons (Fsp3) is 0.562. The molecule has 0 saturated carbocycles. The largest absolute Gasteiger partial charge is 0.300 e. The van der Waals surface area contributed by atoms with Gasteiger partial charge < -0.3 is 0 Å². The third-order valence-electron chi connectivity index (χ3n) is 3.43. The summed E-state index contributed by atoms with van der Waals surface area (Å²) in [6.45, 7) is 4.34. The van der Waals surface area contributed by atoms with E-state index < -0.39 is 0 Å². The Kier molecular flexibility index (Phi) is 6.61. The monoisotopic (exact) mass is 232 g/mol. The number of hydrogen-bond acceptors (Lipinski definition) is 1. The van der Waals surface area contributed by atoms with Gasteiger partial charge in [0.05, 0.1) is 0 Å². The predicted molar refractivity (Wildman–Crippen MR) is 73.1 cm³/mol. The second-order valence-electron chi connectivity index (χ2n) is 4.76. The van der Waals surface area contributed by atoms with Crippen molar-refractivity contribution in [3.8, 4) is 0 Å². The Morgan fingerprint density at radius 3 is 2.35 bits per heavy atom. The van der Waals surface area contributed by atoms with Crippen LogP contribution in [0.4, 0.5) is 0 Å². The quantitative estimate of drug-likeness (QED) is 0.649. The summed E-state index contributed by atoms with van der Waals surface area (Å²) in [5, 5.41) is 0. The smallest absolute Gasteiger partial charge is 0.133 e. The number of benzene rings is 1. The minimum absolute atomic E-state index is 0.439. The lowest BCUT2D eigenvalue weighted by molar-refractivity contribution is -0.120. The highest BCUT2D eigenvalue weighted by Gasteiger charge is 2.09. The maximum absolute atomic E-state index is 11.8. The van der Waals surface area contributed by atoms with Crippen LogP contribution in [0.1, 0.15) is 51.5 Å². The lowest BCUT2D eigenvalue weighted by Crippen LogP contribution is -2.07. The van der Waals surface area contributed by atoms with Gasteiger partial charge in [-0.3, -0.25) is 4.79 Å². The first-order valence-electron chi connectivity index (χ1n) is 6.81. The summed E-state index contributed by atoms with van der Waals surface area (Å²) in [5.41, 5.74) is 1.34. The molecule has 0 spiro atoms. The normalized spacial score (nSPS) is 10.8. The first-order valence-corrected chi connectivity index (χ1v) is 6.81. The highest BCUT2D eigenvalue weighted by Crippen LogP contribution is 2.15. The second kappa shape index (κ2) is 8.05. The molecule has 0 N–H and O–H groups in total. The molecule has 0 amide bonds. The molecule has 0 fully saturated rings. The van der Waals surface area contributed by atoms with E-state index in [0.717, 1.165) is 38.5 Å². The lowest BCUT2D eigenvalue weighted by Gasteiger charge is -2.10. The Labute approximate surface area is 105 Å². The molecule has 94 valence electrons. The van der Waals surface area contributed by atoms with E-state index >= 15 is 0 Å². The summed E-state index contributed by atoms with van der Waals surface area (Å²) in [6.07, 6.45) is 5.79. The molecule has 1 aromatic carbocycles. The molecule has 0 aliphatic rings. The van der Waals surface area contributed by atoms with Crippen LogP contribution in [0.2, 0.25) is 0 Å². The van der Waals surface area contributed by atoms with Crippen LogP contribution in [0.25, 0.3) is 0 Å². The molecule has 1 aromatic rings. The van der Waals surface area contributed by atoms with Crippen molar-refractivity contribution in [2.75, 3.05) is 0 Å². The zero-order chi connectivity index (χ0) is 12.5. The topological polar surface area (TPSA) is 17.1 Å². The van der Waals surface area contributed by atoms with Crippen LogP contribution in [0.5, 0.6) is 0 Å². The fourth-order valence-electron chi connectivity index (χ4n) is 2.14. The summed E-state index contributed by atoms with van der Waals surface area (Å²) < 4.78 is 0. The zero-order valence-electron chi connectivity index (χ0n) is 11.1. The van der Waals surface area contributed by atoms with Crippen LogP contribution in [-0.2, 0) is 11.2 Å². The van der Waals surface area contributed by atoms with Crippen molar-refractivity contribution in [1.82, 2.24) is 0 Å². The molecule has 1 heteroatoms. The number of carbonyl (C=O) groups excluding carboxylic acids is 1. The van der Waals surface area contributed by atoms with Gasteiger partial charge in [0.25, 0.3) is 0 Å². The lowest BCUT2D eigenvalue weighted by atomic mass is 9.94. The number of Topliss-reactive ketones (excluding diaryl/α,β-unsaturated/α-hetero) is 1. The van der Waals surface area contributed by atoms with Gasteiger partial charge in [-0.1, -0.05) is 57.0 Å². The Bertz CT molecular complexity index is 312. The summed E-state index contributed by atoms with van der Waals surface area (Å²) in [5.74, 6) is 1.04. The highest BCUT2D eigenvalue weighted by molar-refractivity contribution is 5.78. The SMILES string of the molecule is CCC(CC)CC(=O)CCCc1ccccc1. The molecule has 0 bridgehead atoms. The minimum atomic E-state index is 0.439. The highest BCUT2D eigenvalue weighted by atomic mass is 16.1. The molecule has 1 rings (SSSR count).